The predicted octanol–water partition coefficient (Wildman–Crippen LogP) is 4.63. The van der Waals surface area contributed by atoms with Gasteiger partial charge >= 0.3 is 12.1 Å². The maximum atomic E-state index is 13.7. The van der Waals surface area contributed by atoms with Crippen molar-refractivity contribution in [2.24, 2.45) is 11.8 Å². The third-order valence-corrected chi connectivity index (χ3v) is 7.58. The number of anilines is 2. The molecule has 1 aliphatic heterocycles. The molecule has 10 nitrogen and oxygen atoms in total. The van der Waals surface area contributed by atoms with Gasteiger partial charge in [-0.25, -0.2) is 4.98 Å². The second-order valence-electron chi connectivity index (χ2n) is 10.2. The minimum Gasteiger partial charge on any atom is -0.481 e. The Bertz CT molecular complexity index is 1540. The zero-order chi connectivity index (χ0) is 30.0. The van der Waals surface area contributed by atoms with Gasteiger partial charge in [-0.2, -0.15) is 18.4 Å². The average molecular weight is 582 g/mol. The Balaban J connectivity index is 1.28. The molecule has 218 valence electrons. The number of carboxylic acids is 1. The summed E-state index contributed by atoms with van der Waals surface area (Å²) in [5.74, 6) is -5.36. The molecule has 0 bridgehead atoms. The molecule has 2 aliphatic rings. The fourth-order valence-corrected chi connectivity index (χ4v) is 5.49. The van der Waals surface area contributed by atoms with Crippen molar-refractivity contribution in [1.82, 2.24) is 9.88 Å². The van der Waals surface area contributed by atoms with E-state index in [2.05, 4.69) is 16.4 Å². The molecule has 2 N–H and O–H groups in total. The molecule has 2 heterocycles. The van der Waals surface area contributed by atoms with E-state index in [1.54, 1.807) is 29.2 Å². The van der Waals surface area contributed by atoms with Crippen LogP contribution in [0.15, 0.2) is 52.9 Å². The smallest absolute Gasteiger partial charge is 0.452 e. The van der Waals surface area contributed by atoms with Gasteiger partial charge in [-0.05, 0) is 43.2 Å². The summed E-state index contributed by atoms with van der Waals surface area (Å²) in [5.41, 5.74) is 0.139. The number of aliphatic carboxylic acids is 1. The zero-order valence-corrected chi connectivity index (χ0v) is 22.2. The van der Waals surface area contributed by atoms with E-state index in [1.807, 2.05) is 4.90 Å². The second-order valence-corrected chi connectivity index (χ2v) is 10.2. The lowest BCUT2D eigenvalue weighted by molar-refractivity contribution is -0.153. The summed E-state index contributed by atoms with van der Waals surface area (Å²) in [5, 5.41) is 21.6. The molecular formula is C29H26F3N5O5. The van der Waals surface area contributed by atoms with Crippen molar-refractivity contribution in [3.05, 3.63) is 65.5 Å². The van der Waals surface area contributed by atoms with Crippen molar-refractivity contribution in [2.45, 2.75) is 25.4 Å². The molecule has 2 aromatic carbocycles. The van der Waals surface area contributed by atoms with Gasteiger partial charge in [0, 0.05) is 37.4 Å². The van der Waals surface area contributed by atoms with Gasteiger partial charge in [0.25, 0.3) is 5.91 Å². The maximum Gasteiger partial charge on any atom is 0.452 e. The Morgan fingerprint density at radius 3 is 2.36 bits per heavy atom. The third kappa shape index (κ3) is 5.79. The summed E-state index contributed by atoms with van der Waals surface area (Å²) in [6.07, 6.45) is -3.23. The van der Waals surface area contributed by atoms with E-state index in [9.17, 15) is 37.9 Å². The molecule has 2 fully saturated rings. The van der Waals surface area contributed by atoms with Gasteiger partial charge in [-0.1, -0.05) is 24.6 Å². The van der Waals surface area contributed by atoms with Crippen molar-refractivity contribution in [2.75, 3.05) is 36.4 Å². The number of hydrogen-bond acceptors (Lipinski definition) is 7. The van der Waals surface area contributed by atoms with Crippen LogP contribution in [0.5, 0.6) is 0 Å². The molecule has 2 atom stereocenters. The number of carboxylic acid groups (broad SMARTS) is 1. The van der Waals surface area contributed by atoms with Crippen LogP contribution in [0.2, 0.25) is 0 Å². The number of amides is 2. The van der Waals surface area contributed by atoms with Crippen LogP contribution in [0, 0.1) is 23.2 Å². The summed E-state index contributed by atoms with van der Waals surface area (Å²) in [7, 11) is 0. The number of oxazole rings is 1. The van der Waals surface area contributed by atoms with E-state index < -0.39 is 41.3 Å². The number of alkyl halides is 3. The molecule has 1 aromatic heterocycles. The van der Waals surface area contributed by atoms with Gasteiger partial charge in [0.05, 0.1) is 23.1 Å². The minimum atomic E-state index is -4.97. The summed E-state index contributed by atoms with van der Waals surface area (Å²) < 4.78 is 45.9. The van der Waals surface area contributed by atoms with Crippen molar-refractivity contribution in [3.8, 4) is 17.5 Å². The lowest BCUT2D eigenvalue weighted by Crippen LogP contribution is -2.51. The number of rotatable bonds is 6. The monoisotopic (exact) mass is 581 g/mol. The number of nitrogens with one attached hydrogen (secondary N) is 1. The zero-order valence-electron chi connectivity index (χ0n) is 22.2. The van der Waals surface area contributed by atoms with E-state index in [0.29, 0.717) is 51.1 Å². The van der Waals surface area contributed by atoms with Gasteiger partial charge in [0.15, 0.2) is 5.69 Å². The fourth-order valence-electron chi connectivity index (χ4n) is 5.49. The van der Waals surface area contributed by atoms with Gasteiger partial charge < -0.3 is 24.6 Å². The van der Waals surface area contributed by atoms with Crippen LogP contribution in [0.1, 0.15) is 41.1 Å². The van der Waals surface area contributed by atoms with Crippen molar-refractivity contribution in [3.63, 3.8) is 0 Å². The lowest BCUT2D eigenvalue weighted by atomic mass is 9.94. The number of piperazine rings is 1. The number of aromatic nitrogens is 1. The largest absolute Gasteiger partial charge is 0.481 e. The van der Waals surface area contributed by atoms with Crippen LogP contribution in [0.25, 0.3) is 11.5 Å². The van der Waals surface area contributed by atoms with Gasteiger partial charge in [-0.15, -0.1) is 0 Å². The van der Waals surface area contributed by atoms with Gasteiger partial charge in [0.1, 0.15) is 6.07 Å². The molecule has 2 amide bonds. The van der Waals surface area contributed by atoms with Crippen molar-refractivity contribution < 1.29 is 37.1 Å². The number of carbonyl (C=O) groups excluding carboxylic acids is 2. The Morgan fingerprint density at radius 1 is 1.02 bits per heavy atom. The molecule has 5 rings (SSSR count). The SMILES string of the molecule is N#Cc1cc(NC(=O)c2nc(-c3ccccc3)oc2C(F)(F)F)ccc1N1CCN(C(=O)[C@H]2CCC[C@@H]2C(=O)O)CC1. The first kappa shape index (κ1) is 28.7. The molecule has 3 aromatic rings. The number of nitriles is 1. The standard InChI is InChI=1S/C29H26F3N5O5/c30-29(31,32)24-23(35-26(42-24)17-5-2-1-3-6-17)25(38)34-19-9-10-22(18(15-19)16-33)36-11-13-37(14-12-36)27(39)20-7-4-8-21(20)28(40)41/h1-3,5-6,9-10,15,20-21H,4,7-8,11-14H2,(H,34,38)(H,40,41)/t20-,21-/m0/s1. The van der Waals surface area contributed by atoms with E-state index >= 15 is 0 Å². The number of hydrogen-bond donors (Lipinski definition) is 2. The summed E-state index contributed by atoms with van der Waals surface area (Å²) >= 11 is 0. The Morgan fingerprint density at radius 2 is 1.71 bits per heavy atom. The maximum absolute atomic E-state index is 13.7. The number of halogens is 3. The van der Waals surface area contributed by atoms with Crippen LogP contribution < -0.4 is 10.2 Å². The van der Waals surface area contributed by atoms with E-state index in [-0.39, 0.29) is 28.6 Å². The van der Waals surface area contributed by atoms with Crippen LogP contribution >= 0.6 is 0 Å². The highest BCUT2D eigenvalue weighted by Crippen LogP contribution is 2.36. The van der Waals surface area contributed by atoms with E-state index in [1.165, 1.54) is 24.3 Å². The first-order valence-corrected chi connectivity index (χ1v) is 13.3. The Hall–Kier alpha value is -4.86. The normalized spacial score (nSPS) is 18.9. The predicted molar refractivity (Wildman–Crippen MR) is 143 cm³/mol. The highest BCUT2D eigenvalue weighted by Gasteiger charge is 2.42. The van der Waals surface area contributed by atoms with Crippen LogP contribution in [-0.2, 0) is 15.8 Å². The molecular weight excluding hydrogens is 555 g/mol. The molecule has 1 aliphatic carbocycles. The highest BCUT2D eigenvalue weighted by molar-refractivity contribution is 6.04. The van der Waals surface area contributed by atoms with Crippen LogP contribution in [0.4, 0.5) is 24.5 Å². The molecule has 1 saturated heterocycles. The summed E-state index contributed by atoms with van der Waals surface area (Å²) in [6, 6.07) is 14.3. The topological polar surface area (TPSA) is 140 Å². The average Bonchev–Trinajstić information content (AvgIpc) is 3.66. The van der Waals surface area contributed by atoms with Gasteiger partial charge in [-0.3, -0.25) is 14.4 Å². The summed E-state index contributed by atoms with van der Waals surface area (Å²) in [6.45, 7) is 1.49. The lowest BCUT2D eigenvalue weighted by Gasteiger charge is -2.38. The number of benzene rings is 2. The van der Waals surface area contributed by atoms with Crippen LogP contribution in [-0.4, -0.2) is 59.0 Å². The third-order valence-electron chi connectivity index (χ3n) is 7.58. The van der Waals surface area contributed by atoms with Crippen molar-refractivity contribution >= 4 is 29.2 Å². The fraction of sp³-hybridized carbons (Fsp3) is 0.345. The number of carbonyl (C=O) groups is 3. The molecule has 13 heteroatoms. The molecule has 1 saturated carbocycles. The summed E-state index contributed by atoms with van der Waals surface area (Å²) in [4.78, 5) is 44.7. The first-order chi connectivity index (χ1) is 20.1. The quantitative estimate of drug-likeness (QED) is 0.430. The molecule has 0 spiro atoms. The first-order valence-electron chi connectivity index (χ1n) is 13.3. The van der Waals surface area contributed by atoms with E-state index in [0.717, 1.165) is 0 Å². The Kier molecular flexibility index (Phi) is 7.89. The molecule has 42 heavy (non-hydrogen) atoms. The molecule has 0 radical (unpaired) electrons. The second kappa shape index (κ2) is 11.6. The minimum absolute atomic E-state index is 0.0902. The highest BCUT2D eigenvalue weighted by atomic mass is 19.4. The van der Waals surface area contributed by atoms with Gasteiger partial charge in [0.2, 0.25) is 17.6 Å². The number of nitrogens with zero attached hydrogens (tertiary/aromatic N) is 4. The van der Waals surface area contributed by atoms with E-state index in [4.69, 9.17) is 4.42 Å². The molecule has 0 unspecified atom stereocenters. The van der Waals surface area contributed by atoms with Crippen molar-refractivity contribution in [1.29, 1.82) is 5.26 Å². The Labute approximate surface area is 238 Å². The van der Waals surface area contributed by atoms with Crippen LogP contribution in [0.3, 0.4) is 0 Å².